The van der Waals surface area contributed by atoms with Gasteiger partial charge < -0.3 is 19.8 Å². The van der Waals surface area contributed by atoms with Gasteiger partial charge in [0.25, 0.3) is 17.4 Å². The number of non-ortho nitro benzene ring substituents is 1. The smallest absolute Gasteiger partial charge is 0.295 e. The minimum absolute atomic E-state index is 0.133. The van der Waals surface area contributed by atoms with Crippen molar-refractivity contribution in [3.8, 4) is 5.75 Å². The van der Waals surface area contributed by atoms with E-state index in [0.29, 0.717) is 23.5 Å². The molecule has 1 unspecified atom stereocenters. The quantitative estimate of drug-likeness (QED) is 0.235. The lowest BCUT2D eigenvalue weighted by atomic mass is 9.95. The number of Topliss-reactive ketones (excluding diaryl/α,β-unsaturated/α-hetero) is 1. The Morgan fingerprint density at radius 1 is 1.13 bits per heavy atom. The number of carbonyl (C=O) groups excluding carboxylic acids is 2. The fourth-order valence-corrected chi connectivity index (χ4v) is 3.37. The highest BCUT2D eigenvalue weighted by atomic mass is 16.6. The third-order valence-corrected chi connectivity index (χ3v) is 4.74. The summed E-state index contributed by atoms with van der Waals surface area (Å²) in [6, 6.07) is 10.8. The minimum Gasteiger partial charge on any atom is -0.507 e. The molecule has 2 N–H and O–H groups in total. The Kier molecular flexibility index (Phi) is 6.12. The van der Waals surface area contributed by atoms with Crippen molar-refractivity contribution in [2.24, 2.45) is 0 Å². The fraction of sp³-hybridized carbons (Fsp3) is 0.238. The Morgan fingerprint density at radius 2 is 1.77 bits per heavy atom. The first kappa shape index (κ1) is 21.0. The first-order valence-electron chi connectivity index (χ1n) is 9.25. The number of carbonyl (C=O) groups is 2. The average Bonchev–Trinajstić information content (AvgIpc) is 2.99. The molecule has 30 heavy (non-hydrogen) atoms. The number of rotatable bonds is 7. The highest BCUT2D eigenvalue weighted by molar-refractivity contribution is 6.46. The summed E-state index contributed by atoms with van der Waals surface area (Å²) in [6.45, 7) is 1.78. The Hall–Kier alpha value is -3.72. The zero-order valence-electron chi connectivity index (χ0n) is 16.1. The molecule has 0 aliphatic carbocycles. The third-order valence-electron chi connectivity index (χ3n) is 4.74. The SMILES string of the molecule is CCOc1ccc(/C(O)=C2/C(=O)C(=O)N(CCO)C2c2ccc([N+](=O)[O-])cc2)cc1. The Bertz CT molecular complexity index is 997. The van der Waals surface area contributed by atoms with Crippen LogP contribution >= 0.6 is 0 Å². The maximum absolute atomic E-state index is 12.7. The van der Waals surface area contributed by atoms with Crippen molar-refractivity contribution in [1.82, 2.24) is 4.90 Å². The van der Waals surface area contributed by atoms with Crippen molar-refractivity contribution >= 4 is 23.1 Å². The van der Waals surface area contributed by atoms with Gasteiger partial charge in [-0.1, -0.05) is 0 Å². The molecule has 156 valence electrons. The molecule has 1 aliphatic rings. The second kappa shape index (κ2) is 8.75. The number of hydrogen-bond acceptors (Lipinski definition) is 7. The number of hydrogen-bond donors (Lipinski definition) is 2. The second-order valence-corrected chi connectivity index (χ2v) is 6.52. The largest absolute Gasteiger partial charge is 0.507 e. The van der Waals surface area contributed by atoms with Gasteiger partial charge in [-0.2, -0.15) is 0 Å². The van der Waals surface area contributed by atoms with Crippen LogP contribution in [-0.4, -0.2) is 51.5 Å². The predicted octanol–water partition coefficient (Wildman–Crippen LogP) is 2.41. The van der Waals surface area contributed by atoms with Crippen LogP contribution in [-0.2, 0) is 9.59 Å². The van der Waals surface area contributed by atoms with Crippen molar-refractivity contribution in [1.29, 1.82) is 0 Å². The molecule has 1 fully saturated rings. The zero-order valence-corrected chi connectivity index (χ0v) is 16.1. The molecule has 9 nitrogen and oxygen atoms in total. The van der Waals surface area contributed by atoms with Crippen LogP contribution in [0.5, 0.6) is 5.75 Å². The van der Waals surface area contributed by atoms with Gasteiger partial charge in [-0.15, -0.1) is 0 Å². The number of nitro benzene ring substituents is 1. The first-order valence-corrected chi connectivity index (χ1v) is 9.25. The molecule has 1 atom stereocenters. The normalized spacial score (nSPS) is 17.9. The van der Waals surface area contributed by atoms with Gasteiger partial charge in [0.2, 0.25) is 0 Å². The van der Waals surface area contributed by atoms with Gasteiger partial charge in [-0.3, -0.25) is 19.7 Å². The van der Waals surface area contributed by atoms with Gasteiger partial charge >= 0.3 is 0 Å². The van der Waals surface area contributed by atoms with E-state index in [9.17, 15) is 29.9 Å². The van der Waals surface area contributed by atoms with E-state index in [0.717, 1.165) is 4.90 Å². The minimum atomic E-state index is -0.982. The van der Waals surface area contributed by atoms with Crippen molar-refractivity contribution in [3.63, 3.8) is 0 Å². The summed E-state index contributed by atoms with van der Waals surface area (Å²) in [4.78, 5) is 36.8. The summed E-state index contributed by atoms with van der Waals surface area (Å²) in [7, 11) is 0. The molecule has 1 aliphatic heterocycles. The lowest BCUT2D eigenvalue weighted by molar-refractivity contribution is -0.384. The van der Waals surface area contributed by atoms with Crippen LogP contribution in [0.25, 0.3) is 5.76 Å². The van der Waals surface area contributed by atoms with Crippen molar-refractivity contribution in [2.75, 3.05) is 19.8 Å². The number of aliphatic hydroxyl groups is 2. The van der Waals surface area contributed by atoms with Crippen LogP contribution in [0.3, 0.4) is 0 Å². The summed E-state index contributed by atoms with van der Waals surface area (Å²) >= 11 is 0. The summed E-state index contributed by atoms with van der Waals surface area (Å²) in [5.41, 5.74) is 0.420. The number of nitrogens with zero attached hydrogens (tertiary/aromatic N) is 2. The van der Waals surface area contributed by atoms with Gasteiger partial charge in [-0.25, -0.2) is 0 Å². The predicted molar refractivity (Wildman–Crippen MR) is 107 cm³/mol. The van der Waals surface area contributed by atoms with Crippen LogP contribution in [0.1, 0.15) is 24.1 Å². The van der Waals surface area contributed by atoms with E-state index in [-0.39, 0.29) is 30.2 Å². The highest BCUT2D eigenvalue weighted by Gasteiger charge is 2.45. The van der Waals surface area contributed by atoms with Gasteiger partial charge in [0.05, 0.1) is 29.8 Å². The van der Waals surface area contributed by atoms with E-state index in [2.05, 4.69) is 0 Å². The molecule has 0 aromatic heterocycles. The molecule has 2 aromatic rings. The van der Waals surface area contributed by atoms with Crippen molar-refractivity contribution in [2.45, 2.75) is 13.0 Å². The van der Waals surface area contributed by atoms with Gasteiger partial charge in [0, 0.05) is 24.2 Å². The molecule has 0 radical (unpaired) electrons. The van der Waals surface area contributed by atoms with Gasteiger partial charge in [0.15, 0.2) is 0 Å². The monoisotopic (exact) mass is 412 g/mol. The number of amides is 1. The molecule has 9 heteroatoms. The zero-order chi connectivity index (χ0) is 21.8. The van der Waals surface area contributed by atoms with E-state index in [1.54, 1.807) is 24.3 Å². The van der Waals surface area contributed by atoms with E-state index in [1.807, 2.05) is 6.92 Å². The molecule has 1 saturated heterocycles. The molecule has 0 spiro atoms. The number of aliphatic hydroxyl groups excluding tert-OH is 2. The number of ether oxygens (including phenoxy) is 1. The first-order chi connectivity index (χ1) is 14.4. The molecular weight excluding hydrogens is 392 g/mol. The van der Waals surface area contributed by atoms with Crippen LogP contribution < -0.4 is 4.74 Å². The number of benzene rings is 2. The second-order valence-electron chi connectivity index (χ2n) is 6.52. The van der Waals surface area contributed by atoms with Crippen LogP contribution in [0, 0.1) is 10.1 Å². The van der Waals surface area contributed by atoms with Crippen molar-refractivity contribution < 1.29 is 29.5 Å². The van der Waals surface area contributed by atoms with Crippen LogP contribution in [0.2, 0.25) is 0 Å². The Labute approximate surface area is 172 Å². The average molecular weight is 412 g/mol. The molecule has 2 aromatic carbocycles. The Morgan fingerprint density at radius 3 is 2.30 bits per heavy atom. The van der Waals surface area contributed by atoms with Gasteiger partial charge in [-0.05, 0) is 48.9 Å². The topological polar surface area (TPSA) is 130 Å². The van der Waals surface area contributed by atoms with E-state index >= 15 is 0 Å². The van der Waals surface area contributed by atoms with Crippen LogP contribution in [0.15, 0.2) is 54.1 Å². The van der Waals surface area contributed by atoms with E-state index < -0.39 is 22.7 Å². The molecule has 3 rings (SSSR count). The van der Waals surface area contributed by atoms with Gasteiger partial charge in [0.1, 0.15) is 11.5 Å². The Balaban J connectivity index is 2.10. The summed E-state index contributed by atoms with van der Waals surface area (Å²) in [5, 5.41) is 31.1. The summed E-state index contributed by atoms with van der Waals surface area (Å²) < 4.78 is 5.36. The summed E-state index contributed by atoms with van der Waals surface area (Å²) in [5.74, 6) is -1.54. The molecule has 0 saturated carbocycles. The maximum atomic E-state index is 12.7. The lowest BCUT2D eigenvalue weighted by Crippen LogP contribution is -2.32. The van der Waals surface area contributed by atoms with Crippen molar-refractivity contribution in [3.05, 3.63) is 75.3 Å². The fourth-order valence-electron chi connectivity index (χ4n) is 3.37. The van der Waals surface area contributed by atoms with E-state index in [1.165, 1.54) is 24.3 Å². The molecular formula is C21H20N2O7. The summed E-state index contributed by atoms with van der Waals surface area (Å²) in [6.07, 6.45) is 0. The standard InChI is InChI=1S/C21H20N2O7/c1-2-30-16-9-5-14(6-10-16)19(25)17-18(22(11-12-24)21(27)20(17)26)13-3-7-15(8-4-13)23(28)29/h3-10,18,24-25H,2,11-12H2,1H3/b19-17-. The maximum Gasteiger partial charge on any atom is 0.295 e. The molecule has 1 heterocycles. The molecule has 1 amide bonds. The lowest BCUT2D eigenvalue weighted by Gasteiger charge is -2.24. The number of nitro groups is 1. The number of ketones is 1. The third kappa shape index (κ3) is 3.87. The number of likely N-dealkylation sites (tertiary alicyclic amines) is 1. The van der Waals surface area contributed by atoms with E-state index in [4.69, 9.17) is 4.74 Å². The highest BCUT2D eigenvalue weighted by Crippen LogP contribution is 2.39. The van der Waals surface area contributed by atoms with Crippen LogP contribution in [0.4, 0.5) is 5.69 Å². The number of β-amino-alcohol motifs (C(OH)–C–C–N with tert-alkyl or cyclic N) is 1. The molecule has 0 bridgehead atoms.